The van der Waals surface area contributed by atoms with Crippen molar-refractivity contribution in [3.8, 4) is 5.75 Å². The summed E-state index contributed by atoms with van der Waals surface area (Å²) in [4.78, 5) is 11.8. The van der Waals surface area contributed by atoms with Crippen LogP contribution in [0, 0.1) is 6.92 Å². The molecule has 1 aliphatic heterocycles. The van der Waals surface area contributed by atoms with E-state index in [9.17, 15) is 4.79 Å². The zero-order valence-electron chi connectivity index (χ0n) is 13.2. The molecule has 0 amide bonds. The van der Waals surface area contributed by atoms with Gasteiger partial charge < -0.3 is 9.47 Å². The number of benzene rings is 2. The lowest BCUT2D eigenvalue weighted by Gasteiger charge is -2.25. The van der Waals surface area contributed by atoms with Gasteiger partial charge in [0.2, 0.25) is 0 Å². The van der Waals surface area contributed by atoms with E-state index in [1.165, 1.54) is 7.11 Å². The third-order valence-corrected chi connectivity index (χ3v) is 4.13. The Bertz CT molecular complexity index is 808. The predicted octanol–water partition coefficient (Wildman–Crippen LogP) is 4.65. The number of esters is 1. The fraction of sp³-hybridized carbons (Fsp3) is 0.211. The first-order chi connectivity index (χ1) is 11.0. The van der Waals surface area contributed by atoms with Crippen LogP contribution in [0.15, 0.2) is 42.5 Å². The monoisotopic (exact) mass is 328 g/mol. The van der Waals surface area contributed by atoms with Crippen molar-refractivity contribution in [2.75, 3.05) is 7.11 Å². The number of carbonyl (C=O) groups excluding carboxylic acids is 1. The minimum Gasteiger partial charge on any atom is -0.486 e. The third-order valence-electron chi connectivity index (χ3n) is 3.89. The Morgan fingerprint density at radius 3 is 2.70 bits per heavy atom. The van der Waals surface area contributed by atoms with Crippen molar-refractivity contribution < 1.29 is 14.3 Å². The number of methoxy groups -OCH3 is 1. The normalized spacial score (nSPS) is 16.2. The van der Waals surface area contributed by atoms with Gasteiger partial charge in [-0.1, -0.05) is 17.7 Å². The van der Waals surface area contributed by atoms with Crippen molar-refractivity contribution in [1.29, 1.82) is 0 Å². The molecule has 1 heterocycles. The molecule has 0 saturated heterocycles. The molecule has 3 rings (SSSR count). The summed E-state index contributed by atoms with van der Waals surface area (Å²) in [5.41, 5.74) is 4.54. The molecule has 0 aliphatic carbocycles. The number of hydrogen-bond acceptors (Lipinski definition) is 3. The van der Waals surface area contributed by atoms with Crippen LogP contribution in [0.5, 0.6) is 5.75 Å². The minimum atomic E-state index is -0.367. The van der Waals surface area contributed by atoms with E-state index in [0.29, 0.717) is 10.6 Å². The SMILES string of the molecule is COC(=O)c1ccc2c(c1)C(c1cc(Cl)ccc1C)=CC(C)O2. The molecule has 2 aromatic rings. The van der Waals surface area contributed by atoms with Gasteiger partial charge in [0.15, 0.2) is 0 Å². The van der Waals surface area contributed by atoms with Crippen molar-refractivity contribution >= 4 is 23.1 Å². The van der Waals surface area contributed by atoms with Gasteiger partial charge in [0.05, 0.1) is 12.7 Å². The number of rotatable bonds is 2. The Balaban J connectivity index is 2.18. The first kappa shape index (κ1) is 15.6. The van der Waals surface area contributed by atoms with E-state index in [2.05, 4.69) is 0 Å². The fourth-order valence-corrected chi connectivity index (χ4v) is 2.94. The van der Waals surface area contributed by atoms with Crippen LogP contribution in [0.25, 0.3) is 5.57 Å². The van der Waals surface area contributed by atoms with Crippen LogP contribution in [-0.4, -0.2) is 19.2 Å². The molecule has 2 aromatic carbocycles. The second kappa shape index (κ2) is 6.09. The molecule has 1 atom stereocenters. The maximum Gasteiger partial charge on any atom is 0.337 e. The van der Waals surface area contributed by atoms with Crippen molar-refractivity contribution in [2.45, 2.75) is 20.0 Å². The molecule has 1 unspecified atom stereocenters. The zero-order valence-corrected chi connectivity index (χ0v) is 14.0. The number of aryl methyl sites for hydroxylation is 1. The molecule has 4 heteroatoms. The fourth-order valence-electron chi connectivity index (χ4n) is 2.77. The highest BCUT2D eigenvalue weighted by Crippen LogP contribution is 2.38. The Kier molecular flexibility index (Phi) is 4.14. The Morgan fingerprint density at radius 2 is 1.96 bits per heavy atom. The number of fused-ring (bicyclic) bond motifs is 1. The average Bonchev–Trinajstić information content (AvgIpc) is 2.55. The zero-order chi connectivity index (χ0) is 16.6. The molecule has 0 bridgehead atoms. The molecule has 0 radical (unpaired) electrons. The molecule has 0 N–H and O–H groups in total. The van der Waals surface area contributed by atoms with E-state index in [1.807, 2.05) is 44.2 Å². The van der Waals surface area contributed by atoms with Crippen molar-refractivity contribution in [1.82, 2.24) is 0 Å². The maximum atomic E-state index is 11.8. The van der Waals surface area contributed by atoms with Crippen LogP contribution in [-0.2, 0) is 4.74 Å². The van der Waals surface area contributed by atoms with Crippen LogP contribution in [0.4, 0.5) is 0 Å². The molecule has 118 valence electrons. The van der Waals surface area contributed by atoms with E-state index in [-0.39, 0.29) is 12.1 Å². The van der Waals surface area contributed by atoms with Crippen LogP contribution in [0.2, 0.25) is 5.02 Å². The lowest BCUT2D eigenvalue weighted by molar-refractivity contribution is 0.0600. The molecule has 0 fully saturated rings. The summed E-state index contributed by atoms with van der Waals surface area (Å²) in [5.74, 6) is 0.385. The highest BCUT2D eigenvalue weighted by Gasteiger charge is 2.22. The van der Waals surface area contributed by atoms with Gasteiger partial charge in [0.25, 0.3) is 0 Å². The minimum absolute atomic E-state index is 0.0557. The first-order valence-electron chi connectivity index (χ1n) is 7.37. The quantitative estimate of drug-likeness (QED) is 0.753. The summed E-state index contributed by atoms with van der Waals surface area (Å²) >= 11 is 6.17. The second-order valence-electron chi connectivity index (χ2n) is 5.57. The summed E-state index contributed by atoms with van der Waals surface area (Å²) < 4.78 is 10.7. The van der Waals surface area contributed by atoms with Crippen molar-refractivity contribution in [2.24, 2.45) is 0 Å². The first-order valence-corrected chi connectivity index (χ1v) is 7.75. The Labute approximate surface area is 140 Å². The maximum absolute atomic E-state index is 11.8. The van der Waals surface area contributed by atoms with Gasteiger partial charge in [0.1, 0.15) is 11.9 Å². The van der Waals surface area contributed by atoms with Crippen LogP contribution >= 0.6 is 11.6 Å². The summed E-state index contributed by atoms with van der Waals surface area (Å²) in [6.07, 6.45) is 1.99. The number of carbonyl (C=O) groups is 1. The Hall–Kier alpha value is -2.26. The van der Waals surface area contributed by atoms with Gasteiger partial charge in [-0.05, 0) is 67.0 Å². The summed E-state index contributed by atoms with van der Waals surface area (Å²) in [6, 6.07) is 11.1. The van der Waals surface area contributed by atoms with Gasteiger partial charge >= 0.3 is 5.97 Å². The Morgan fingerprint density at radius 1 is 1.17 bits per heavy atom. The van der Waals surface area contributed by atoms with E-state index in [0.717, 1.165) is 28.0 Å². The molecule has 0 aromatic heterocycles. The van der Waals surface area contributed by atoms with Gasteiger partial charge in [0, 0.05) is 10.6 Å². The topological polar surface area (TPSA) is 35.5 Å². The van der Waals surface area contributed by atoms with E-state index in [1.54, 1.807) is 12.1 Å². The van der Waals surface area contributed by atoms with E-state index < -0.39 is 0 Å². The molecule has 3 nitrogen and oxygen atoms in total. The summed E-state index contributed by atoms with van der Waals surface area (Å²) in [6.45, 7) is 4.02. The standard InChI is InChI=1S/C19H17ClO3/c1-11-4-6-14(20)10-15(11)16-8-12(2)23-18-7-5-13(9-17(16)18)19(21)22-3/h4-10,12H,1-3H3. The molecular formula is C19H17ClO3. The van der Waals surface area contributed by atoms with Crippen molar-refractivity contribution in [3.63, 3.8) is 0 Å². The summed E-state index contributed by atoms with van der Waals surface area (Å²) in [5, 5.41) is 0.677. The highest BCUT2D eigenvalue weighted by molar-refractivity contribution is 6.30. The van der Waals surface area contributed by atoms with Gasteiger partial charge in [-0.2, -0.15) is 0 Å². The van der Waals surface area contributed by atoms with Crippen LogP contribution in [0.1, 0.15) is 34.0 Å². The van der Waals surface area contributed by atoms with Gasteiger partial charge in [-0.3, -0.25) is 0 Å². The lowest BCUT2D eigenvalue weighted by Crippen LogP contribution is -2.16. The number of halogens is 1. The summed E-state index contributed by atoms with van der Waals surface area (Å²) in [7, 11) is 1.37. The molecule has 1 aliphatic rings. The highest BCUT2D eigenvalue weighted by atomic mass is 35.5. The largest absolute Gasteiger partial charge is 0.486 e. The molecule has 23 heavy (non-hydrogen) atoms. The molecular weight excluding hydrogens is 312 g/mol. The average molecular weight is 329 g/mol. The second-order valence-corrected chi connectivity index (χ2v) is 6.00. The van der Waals surface area contributed by atoms with E-state index in [4.69, 9.17) is 21.1 Å². The lowest BCUT2D eigenvalue weighted by atomic mass is 9.90. The number of ether oxygens (including phenoxy) is 2. The van der Waals surface area contributed by atoms with Crippen LogP contribution < -0.4 is 4.74 Å². The predicted molar refractivity (Wildman–Crippen MR) is 91.1 cm³/mol. The molecule has 0 saturated carbocycles. The van der Waals surface area contributed by atoms with Gasteiger partial charge in [-0.25, -0.2) is 4.79 Å². The number of hydrogen-bond donors (Lipinski definition) is 0. The molecule has 0 spiro atoms. The smallest absolute Gasteiger partial charge is 0.337 e. The van der Waals surface area contributed by atoms with Gasteiger partial charge in [-0.15, -0.1) is 0 Å². The van der Waals surface area contributed by atoms with Crippen LogP contribution in [0.3, 0.4) is 0 Å². The van der Waals surface area contributed by atoms with E-state index >= 15 is 0 Å². The third kappa shape index (κ3) is 2.97. The van der Waals surface area contributed by atoms with Crippen molar-refractivity contribution in [3.05, 3.63) is 69.8 Å².